The molecule has 0 N–H and O–H groups in total. The molecule has 3 aliphatic rings. The maximum atomic E-state index is 13.2. The molecule has 1 aromatic heterocycles. The van der Waals surface area contributed by atoms with Crippen LogP contribution in [-0.2, 0) is 15.6 Å². The summed E-state index contributed by atoms with van der Waals surface area (Å²) in [7, 11) is -3.11. The Morgan fingerprint density at radius 3 is 2.42 bits per heavy atom. The Hall–Kier alpha value is -2.16. The van der Waals surface area contributed by atoms with Crippen molar-refractivity contribution in [2.45, 2.75) is 26.3 Å². The fourth-order valence-electron chi connectivity index (χ4n) is 5.08. The third kappa shape index (κ3) is 3.07. The van der Waals surface area contributed by atoms with E-state index in [0.717, 1.165) is 30.0 Å². The molecule has 0 saturated carbocycles. The molecule has 164 valence electrons. The van der Waals surface area contributed by atoms with Crippen LogP contribution in [0.1, 0.15) is 36.7 Å². The number of fused-ring (bicyclic) bond motifs is 1. The molecular formula is C22H25ClN4O3S. The van der Waals surface area contributed by atoms with E-state index >= 15 is 0 Å². The summed E-state index contributed by atoms with van der Waals surface area (Å²) >= 11 is 6.19. The summed E-state index contributed by atoms with van der Waals surface area (Å²) in [6, 6.07) is 7.38. The second-order valence-corrected chi connectivity index (χ2v) is 12.0. The molecule has 3 aliphatic heterocycles. The number of hydrogen-bond donors (Lipinski definition) is 0. The van der Waals surface area contributed by atoms with E-state index in [2.05, 4.69) is 9.88 Å². The van der Waals surface area contributed by atoms with Crippen molar-refractivity contribution in [2.24, 2.45) is 5.41 Å². The molecule has 7 nitrogen and oxygen atoms in total. The van der Waals surface area contributed by atoms with Crippen LogP contribution in [0.2, 0.25) is 5.02 Å². The van der Waals surface area contributed by atoms with E-state index in [1.54, 1.807) is 40.7 Å². The maximum Gasteiger partial charge on any atom is 0.259 e. The predicted octanol–water partition coefficient (Wildman–Crippen LogP) is 3.10. The van der Waals surface area contributed by atoms with Gasteiger partial charge in [0.15, 0.2) is 0 Å². The first-order valence-corrected chi connectivity index (χ1v) is 12.4. The predicted molar refractivity (Wildman–Crippen MR) is 121 cm³/mol. The molecule has 0 atom stereocenters. The zero-order valence-electron chi connectivity index (χ0n) is 17.8. The minimum Gasteiger partial charge on any atom is -0.369 e. The van der Waals surface area contributed by atoms with E-state index in [1.165, 1.54) is 0 Å². The summed E-state index contributed by atoms with van der Waals surface area (Å²) < 4.78 is 25.6. The fraction of sp³-hybridized carbons (Fsp3) is 0.455. The fourth-order valence-corrected chi connectivity index (χ4v) is 6.56. The highest BCUT2D eigenvalue weighted by atomic mass is 35.5. The van der Waals surface area contributed by atoms with Crippen LogP contribution < -0.4 is 9.80 Å². The van der Waals surface area contributed by atoms with E-state index in [1.807, 2.05) is 26.0 Å². The van der Waals surface area contributed by atoms with Crippen molar-refractivity contribution < 1.29 is 13.2 Å². The SMILES string of the molecule is CCS(=O)(=O)N1CC2(CN(c3cncc(N4C(=O)c5ccc(Cl)cc5C4(C)C)c3)C2)C1. The minimum absolute atomic E-state index is 0.0357. The Morgan fingerprint density at radius 1 is 1.06 bits per heavy atom. The molecule has 1 amide bonds. The lowest BCUT2D eigenvalue weighted by atomic mass is 9.74. The van der Waals surface area contributed by atoms with Gasteiger partial charge >= 0.3 is 0 Å². The number of nitrogens with zero attached hydrogens (tertiary/aromatic N) is 4. The molecule has 31 heavy (non-hydrogen) atoms. The van der Waals surface area contributed by atoms with Gasteiger partial charge in [-0.1, -0.05) is 11.6 Å². The van der Waals surface area contributed by atoms with Crippen LogP contribution in [0.25, 0.3) is 0 Å². The van der Waals surface area contributed by atoms with E-state index in [-0.39, 0.29) is 17.1 Å². The summed E-state index contributed by atoms with van der Waals surface area (Å²) in [6.07, 6.45) is 3.51. The summed E-state index contributed by atoms with van der Waals surface area (Å²) in [5, 5.41) is 0.610. The van der Waals surface area contributed by atoms with Gasteiger partial charge < -0.3 is 4.90 Å². The number of benzene rings is 1. The average molecular weight is 461 g/mol. The Labute approximate surface area is 187 Å². The van der Waals surface area contributed by atoms with Gasteiger partial charge in [0.25, 0.3) is 5.91 Å². The van der Waals surface area contributed by atoms with E-state index in [4.69, 9.17) is 11.6 Å². The Bertz CT molecular complexity index is 1180. The Morgan fingerprint density at radius 2 is 1.74 bits per heavy atom. The van der Waals surface area contributed by atoms with Gasteiger partial charge in [-0.05, 0) is 50.6 Å². The number of hydrogen-bond acceptors (Lipinski definition) is 5. The molecule has 5 rings (SSSR count). The lowest BCUT2D eigenvalue weighted by molar-refractivity contribution is 0.0396. The largest absolute Gasteiger partial charge is 0.369 e. The lowest BCUT2D eigenvalue weighted by Crippen LogP contribution is -2.73. The van der Waals surface area contributed by atoms with Gasteiger partial charge in [0.2, 0.25) is 10.0 Å². The highest BCUT2D eigenvalue weighted by Gasteiger charge is 2.55. The third-order valence-electron chi connectivity index (χ3n) is 6.80. The first-order chi connectivity index (χ1) is 14.6. The molecule has 1 spiro atoms. The van der Waals surface area contributed by atoms with Crippen LogP contribution in [0.15, 0.2) is 36.7 Å². The lowest BCUT2D eigenvalue weighted by Gasteiger charge is -2.60. The maximum absolute atomic E-state index is 13.2. The summed E-state index contributed by atoms with van der Waals surface area (Å²) in [5.41, 5.74) is 2.74. The molecule has 0 radical (unpaired) electrons. The standard InChI is InChI=1S/C22H25ClN4O3S/c1-4-31(29,30)26-13-22(14-26)11-25(12-22)16-8-17(10-24-9-16)27-20(28)18-6-5-15(23)7-19(18)21(27,2)3/h5-10H,4,11-14H2,1-3H3. The highest BCUT2D eigenvalue weighted by molar-refractivity contribution is 7.89. The number of aromatic nitrogens is 1. The average Bonchev–Trinajstić information content (AvgIpc) is 2.85. The smallest absolute Gasteiger partial charge is 0.259 e. The molecule has 2 saturated heterocycles. The van der Waals surface area contributed by atoms with Gasteiger partial charge in [-0.3, -0.25) is 14.7 Å². The van der Waals surface area contributed by atoms with Crippen molar-refractivity contribution in [2.75, 3.05) is 41.7 Å². The molecule has 2 fully saturated rings. The van der Waals surface area contributed by atoms with Crippen LogP contribution in [0.3, 0.4) is 0 Å². The number of amides is 1. The van der Waals surface area contributed by atoms with Crippen LogP contribution in [0, 0.1) is 5.41 Å². The van der Waals surface area contributed by atoms with Gasteiger partial charge in [-0.25, -0.2) is 12.7 Å². The minimum atomic E-state index is -3.11. The third-order valence-corrected chi connectivity index (χ3v) is 8.81. The topological polar surface area (TPSA) is 73.8 Å². The molecule has 0 aliphatic carbocycles. The quantitative estimate of drug-likeness (QED) is 0.700. The molecule has 0 unspecified atom stereocenters. The zero-order valence-corrected chi connectivity index (χ0v) is 19.4. The monoisotopic (exact) mass is 460 g/mol. The number of pyridine rings is 1. The number of sulfonamides is 1. The van der Waals surface area contributed by atoms with Crippen LogP contribution >= 0.6 is 11.6 Å². The van der Waals surface area contributed by atoms with Gasteiger partial charge in [0, 0.05) is 42.2 Å². The molecule has 4 heterocycles. The summed E-state index contributed by atoms with van der Waals surface area (Å²) in [5.74, 6) is 0.0848. The first-order valence-electron chi connectivity index (χ1n) is 10.4. The second kappa shape index (κ2) is 6.67. The number of halogens is 1. The molecule has 0 bridgehead atoms. The molecule has 2 aromatic rings. The van der Waals surface area contributed by atoms with E-state index < -0.39 is 15.6 Å². The van der Waals surface area contributed by atoms with Gasteiger partial charge in [0.1, 0.15) is 0 Å². The van der Waals surface area contributed by atoms with Crippen molar-refractivity contribution in [1.82, 2.24) is 9.29 Å². The second-order valence-electron chi connectivity index (χ2n) is 9.32. The van der Waals surface area contributed by atoms with E-state index in [9.17, 15) is 13.2 Å². The highest BCUT2D eigenvalue weighted by Crippen LogP contribution is 2.46. The van der Waals surface area contributed by atoms with Crippen molar-refractivity contribution in [3.05, 3.63) is 52.8 Å². The number of anilines is 2. The van der Waals surface area contributed by atoms with Crippen LogP contribution in [0.4, 0.5) is 11.4 Å². The van der Waals surface area contributed by atoms with Crippen LogP contribution in [0.5, 0.6) is 0 Å². The van der Waals surface area contributed by atoms with Crippen molar-refractivity contribution in [1.29, 1.82) is 0 Å². The first kappa shape index (κ1) is 20.7. The molecular weight excluding hydrogens is 436 g/mol. The van der Waals surface area contributed by atoms with Gasteiger partial charge in [-0.15, -0.1) is 0 Å². The van der Waals surface area contributed by atoms with E-state index in [0.29, 0.717) is 23.7 Å². The zero-order chi connectivity index (χ0) is 22.2. The molecule has 1 aromatic carbocycles. The summed E-state index contributed by atoms with van der Waals surface area (Å²) in [4.78, 5) is 21.6. The number of carbonyl (C=O) groups is 1. The Kier molecular flexibility index (Phi) is 4.46. The van der Waals surface area contributed by atoms with Gasteiger partial charge in [0.05, 0.1) is 35.1 Å². The Balaban J connectivity index is 1.35. The van der Waals surface area contributed by atoms with Crippen LogP contribution in [-0.4, -0.2) is 55.5 Å². The normalized spacial score (nSPS) is 21.7. The number of carbonyl (C=O) groups excluding carboxylic acids is 1. The van der Waals surface area contributed by atoms with Crippen molar-refractivity contribution in [3.8, 4) is 0 Å². The summed E-state index contributed by atoms with van der Waals surface area (Å²) in [6.45, 7) is 8.45. The molecule has 9 heteroatoms. The van der Waals surface area contributed by atoms with Crippen molar-refractivity contribution >= 4 is 38.9 Å². The van der Waals surface area contributed by atoms with Gasteiger partial charge in [-0.2, -0.15) is 0 Å². The number of rotatable bonds is 4. The van der Waals surface area contributed by atoms with Crippen molar-refractivity contribution in [3.63, 3.8) is 0 Å².